The SMILES string of the molecule is CN1C(=O)c2c(F)cccc2N(C)c2cc(NC3CCC(O)CC3)ncc21. The molecule has 1 amide bonds. The lowest BCUT2D eigenvalue weighted by Gasteiger charge is -2.28. The summed E-state index contributed by atoms with van der Waals surface area (Å²) >= 11 is 0. The molecule has 1 aromatic carbocycles. The van der Waals surface area contributed by atoms with Crippen LogP contribution in [0.5, 0.6) is 0 Å². The van der Waals surface area contributed by atoms with E-state index in [1.165, 1.54) is 11.0 Å². The van der Waals surface area contributed by atoms with Gasteiger partial charge in [0.2, 0.25) is 0 Å². The van der Waals surface area contributed by atoms with E-state index in [0.717, 1.165) is 31.4 Å². The third kappa shape index (κ3) is 3.12. The van der Waals surface area contributed by atoms with Gasteiger partial charge in [0.15, 0.2) is 0 Å². The van der Waals surface area contributed by atoms with Gasteiger partial charge >= 0.3 is 0 Å². The Morgan fingerprint density at radius 2 is 1.85 bits per heavy atom. The molecule has 0 radical (unpaired) electrons. The van der Waals surface area contributed by atoms with Crippen molar-refractivity contribution in [3.8, 4) is 0 Å². The van der Waals surface area contributed by atoms with Crippen molar-refractivity contribution in [3.63, 3.8) is 0 Å². The lowest BCUT2D eigenvalue weighted by atomic mass is 9.93. The van der Waals surface area contributed by atoms with E-state index in [-0.39, 0.29) is 17.7 Å². The second-order valence-electron chi connectivity index (χ2n) is 7.27. The third-order valence-corrected chi connectivity index (χ3v) is 5.50. The molecule has 2 aromatic rings. The number of aliphatic hydroxyl groups is 1. The second kappa shape index (κ2) is 6.81. The molecule has 0 bridgehead atoms. The molecule has 1 aliphatic carbocycles. The average Bonchev–Trinajstić information content (AvgIpc) is 2.74. The number of rotatable bonds is 2. The maximum absolute atomic E-state index is 14.4. The van der Waals surface area contributed by atoms with Crippen LogP contribution in [0.2, 0.25) is 0 Å². The minimum atomic E-state index is -0.531. The highest BCUT2D eigenvalue weighted by Gasteiger charge is 2.30. The van der Waals surface area contributed by atoms with E-state index in [4.69, 9.17) is 0 Å². The number of amides is 1. The zero-order valence-corrected chi connectivity index (χ0v) is 15.4. The molecule has 1 saturated carbocycles. The molecular weight excluding hydrogens is 347 g/mol. The van der Waals surface area contributed by atoms with Crippen molar-refractivity contribution in [2.24, 2.45) is 0 Å². The Morgan fingerprint density at radius 3 is 2.59 bits per heavy atom. The van der Waals surface area contributed by atoms with Gasteiger partial charge in [0, 0.05) is 26.2 Å². The standard InChI is InChI=1S/C20H23FN4O2/c1-24-15-5-3-4-14(21)19(15)20(27)25(2)17-11-22-18(10-16(17)24)23-12-6-8-13(26)9-7-12/h3-5,10-13,26H,6-9H2,1-2H3,(H,22,23). The van der Waals surface area contributed by atoms with Crippen LogP contribution in [0, 0.1) is 5.82 Å². The molecule has 4 rings (SSSR count). The van der Waals surface area contributed by atoms with Gasteiger partial charge in [-0.1, -0.05) is 6.07 Å². The van der Waals surface area contributed by atoms with Crippen LogP contribution < -0.4 is 15.1 Å². The van der Waals surface area contributed by atoms with Crippen LogP contribution in [-0.4, -0.2) is 42.2 Å². The van der Waals surface area contributed by atoms with Gasteiger partial charge in [-0.25, -0.2) is 9.37 Å². The van der Waals surface area contributed by atoms with E-state index < -0.39 is 11.7 Å². The topological polar surface area (TPSA) is 68.7 Å². The molecule has 142 valence electrons. The van der Waals surface area contributed by atoms with Gasteiger partial charge in [-0.15, -0.1) is 0 Å². The van der Waals surface area contributed by atoms with Gasteiger partial charge in [0.1, 0.15) is 11.6 Å². The Morgan fingerprint density at radius 1 is 1.11 bits per heavy atom. The zero-order chi connectivity index (χ0) is 19.1. The molecule has 0 atom stereocenters. The van der Waals surface area contributed by atoms with E-state index in [1.807, 2.05) is 18.0 Å². The molecule has 2 heterocycles. The second-order valence-corrected chi connectivity index (χ2v) is 7.27. The molecule has 0 unspecified atom stereocenters. The molecular formula is C20H23FN4O2. The summed E-state index contributed by atoms with van der Waals surface area (Å²) in [5, 5.41) is 13.1. The Labute approximate surface area is 157 Å². The number of carbonyl (C=O) groups is 1. The van der Waals surface area contributed by atoms with Crippen molar-refractivity contribution in [1.29, 1.82) is 0 Å². The molecule has 0 spiro atoms. The van der Waals surface area contributed by atoms with E-state index in [1.54, 1.807) is 25.4 Å². The van der Waals surface area contributed by atoms with Gasteiger partial charge in [0.05, 0.1) is 34.9 Å². The molecule has 1 fully saturated rings. The highest BCUT2D eigenvalue weighted by Crippen LogP contribution is 2.40. The van der Waals surface area contributed by atoms with Crippen LogP contribution in [0.25, 0.3) is 0 Å². The number of nitrogens with zero attached hydrogens (tertiary/aromatic N) is 3. The maximum Gasteiger partial charge on any atom is 0.263 e. The smallest absolute Gasteiger partial charge is 0.263 e. The van der Waals surface area contributed by atoms with Crippen LogP contribution in [0.1, 0.15) is 36.0 Å². The van der Waals surface area contributed by atoms with Gasteiger partial charge in [-0.3, -0.25) is 4.79 Å². The summed E-state index contributed by atoms with van der Waals surface area (Å²) in [6, 6.07) is 6.81. The lowest BCUT2D eigenvalue weighted by molar-refractivity contribution is 0.0990. The minimum absolute atomic E-state index is 0.0643. The Hall–Kier alpha value is -2.67. The quantitative estimate of drug-likeness (QED) is 0.849. The highest BCUT2D eigenvalue weighted by molar-refractivity contribution is 6.13. The fraction of sp³-hybridized carbons (Fsp3) is 0.400. The number of fused-ring (bicyclic) bond motifs is 2. The molecule has 0 saturated heterocycles. The summed E-state index contributed by atoms with van der Waals surface area (Å²) in [5.41, 5.74) is 2.00. The van der Waals surface area contributed by atoms with Crippen LogP contribution >= 0.6 is 0 Å². The minimum Gasteiger partial charge on any atom is -0.393 e. The summed E-state index contributed by atoms with van der Waals surface area (Å²) in [6.07, 6.45) is 4.79. The van der Waals surface area contributed by atoms with Crippen LogP contribution in [0.4, 0.5) is 27.3 Å². The number of benzene rings is 1. The van der Waals surface area contributed by atoms with Gasteiger partial charge in [-0.2, -0.15) is 0 Å². The number of pyridine rings is 1. The summed E-state index contributed by atoms with van der Waals surface area (Å²) in [7, 11) is 3.46. The monoisotopic (exact) mass is 370 g/mol. The highest BCUT2D eigenvalue weighted by atomic mass is 19.1. The van der Waals surface area contributed by atoms with Crippen LogP contribution in [0.15, 0.2) is 30.5 Å². The van der Waals surface area contributed by atoms with Crippen molar-refractivity contribution in [2.45, 2.75) is 37.8 Å². The first-order valence-corrected chi connectivity index (χ1v) is 9.20. The van der Waals surface area contributed by atoms with Gasteiger partial charge < -0.3 is 20.2 Å². The zero-order valence-electron chi connectivity index (χ0n) is 15.4. The molecule has 6 nitrogen and oxygen atoms in total. The Bertz CT molecular complexity index is 880. The molecule has 27 heavy (non-hydrogen) atoms. The number of hydrogen-bond donors (Lipinski definition) is 2. The van der Waals surface area contributed by atoms with Crippen molar-refractivity contribution in [1.82, 2.24) is 4.98 Å². The number of halogens is 1. The van der Waals surface area contributed by atoms with E-state index in [9.17, 15) is 14.3 Å². The third-order valence-electron chi connectivity index (χ3n) is 5.50. The largest absolute Gasteiger partial charge is 0.393 e. The molecule has 1 aromatic heterocycles. The number of nitrogens with one attached hydrogen (secondary N) is 1. The maximum atomic E-state index is 14.4. The van der Waals surface area contributed by atoms with E-state index in [2.05, 4.69) is 10.3 Å². The molecule has 7 heteroatoms. The number of carbonyl (C=O) groups excluding carboxylic acids is 1. The summed E-state index contributed by atoms with van der Waals surface area (Å²) < 4.78 is 14.4. The fourth-order valence-electron chi connectivity index (χ4n) is 3.88. The fourth-order valence-corrected chi connectivity index (χ4v) is 3.88. The molecule has 1 aliphatic heterocycles. The lowest BCUT2D eigenvalue weighted by Crippen LogP contribution is -2.29. The van der Waals surface area contributed by atoms with Crippen molar-refractivity contribution in [3.05, 3.63) is 41.8 Å². The number of aromatic nitrogens is 1. The predicted octanol–water partition coefficient (Wildman–Crippen LogP) is 3.29. The van der Waals surface area contributed by atoms with Crippen molar-refractivity contribution < 1.29 is 14.3 Å². The summed E-state index contributed by atoms with van der Waals surface area (Å²) in [5.74, 6) is -0.212. The van der Waals surface area contributed by atoms with E-state index in [0.29, 0.717) is 17.2 Å². The van der Waals surface area contributed by atoms with E-state index >= 15 is 0 Å². The number of anilines is 4. The van der Waals surface area contributed by atoms with Crippen molar-refractivity contribution in [2.75, 3.05) is 29.2 Å². The first kappa shape index (κ1) is 17.7. The number of aliphatic hydroxyl groups excluding tert-OH is 1. The van der Waals surface area contributed by atoms with Gasteiger partial charge in [-0.05, 0) is 37.8 Å². The Balaban J connectivity index is 1.70. The summed E-state index contributed by atoms with van der Waals surface area (Å²) in [4.78, 5) is 20.5. The molecule has 2 N–H and O–H groups in total. The molecule has 2 aliphatic rings. The van der Waals surface area contributed by atoms with Crippen molar-refractivity contribution >= 4 is 28.8 Å². The predicted molar refractivity (Wildman–Crippen MR) is 103 cm³/mol. The van der Waals surface area contributed by atoms with Crippen LogP contribution in [-0.2, 0) is 0 Å². The normalized spacial score (nSPS) is 22.1. The first-order chi connectivity index (χ1) is 13.0. The Kier molecular flexibility index (Phi) is 4.47. The van der Waals surface area contributed by atoms with Gasteiger partial charge in [0.25, 0.3) is 5.91 Å². The first-order valence-electron chi connectivity index (χ1n) is 9.20. The average molecular weight is 370 g/mol. The van der Waals surface area contributed by atoms with Crippen LogP contribution in [0.3, 0.4) is 0 Å². The number of hydrogen-bond acceptors (Lipinski definition) is 5. The summed E-state index contributed by atoms with van der Waals surface area (Å²) in [6.45, 7) is 0.